The van der Waals surface area contributed by atoms with Gasteiger partial charge in [0, 0.05) is 0 Å². The van der Waals surface area contributed by atoms with E-state index in [4.69, 9.17) is 0 Å². The van der Waals surface area contributed by atoms with Gasteiger partial charge in [-0.1, -0.05) is 102 Å². The topological polar surface area (TPSA) is 0 Å². The van der Waals surface area contributed by atoms with E-state index in [9.17, 15) is 0 Å². The molecule has 2 fully saturated rings. The minimum absolute atomic E-state index is 0.797. The predicted octanol–water partition coefficient (Wildman–Crippen LogP) is 9.26. The SMILES string of the molecule is C=C[C@H]1CC[C@H](C=CCC[C@H]2CC[C@H](CCCCCCCCC)CC2)CC1. The van der Waals surface area contributed by atoms with Crippen LogP contribution in [0.5, 0.6) is 0 Å². The van der Waals surface area contributed by atoms with Crippen molar-refractivity contribution < 1.29 is 0 Å². The lowest BCUT2D eigenvalue weighted by Crippen LogP contribution is -2.14. The van der Waals surface area contributed by atoms with Crippen LogP contribution in [0, 0.1) is 23.7 Å². The van der Waals surface area contributed by atoms with Gasteiger partial charge in [-0.25, -0.2) is 0 Å². The first-order valence-corrected chi connectivity index (χ1v) is 12.6. The predicted molar refractivity (Wildman–Crippen MR) is 122 cm³/mol. The van der Waals surface area contributed by atoms with Crippen LogP contribution in [0.2, 0.25) is 0 Å². The first-order valence-electron chi connectivity index (χ1n) is 12.6. The highest BCUT2D eigenvalue weighted by atomic mass is 14.3. The molecule has 0 spiro atoms. The molecule has 0 heterocycles. The molecule has 0 aromatic heterocycles. The average molecular weight is 373 g/mol. The van der Waals surface area contributed by atoms with Crippen LogP contribution < -0.4 is 0 Å². The van der Waals surface area contributed by atoms with Crippen molar-refractivity contribution in [3.63, 3.8) is 0 Å². The molecule has 0 N–H and O–H groups in total. The second-order valence-electron chi connectivity index (χ2n) is 9.71. The van der Waals surface area contributed by atoms with Gasteiger partial charge in [-0.05, 0) is 62.2 Å². The van der Waals surface area contributed by atoms with Gasteiger partial charge in [-0.3, -0.25) is 0 Å². The number of rotatable bonds is 13. The number of hydrogen-bond acceptors (Lipinski definition) is 0. The van der Waals surface area contributed by atoms with Crippen LogP contribution in [0.4, 0.5) is 0 Å². The molecule has 2 rings (SSSR count). The van der Waals surface area contributed by atoms with Crippen LogP contribution in [0.25, 0.3) is 0 Å². The second kappa shape index (κ2) is 14.5. The highest BCUT2D eigenvalue weighted by Gasteiger charge is 2.20. The van der Waals surface area contributed by atoms with Gasteiger partial charge in [0.2, 0.25) is 0 Å². The molecule has 0 nitrogen and oxygen atoms in total. The van der Waals surface area contributed by atoms with Gasteiger partial charge in [0.15, 0.2) is 0 Å². The average Bonchev–Trinajstić information content (AvgIpc) is 2.72. The summed E-state index contributed by atoms with van der Waals surface area (Å²) in [6, 6.07) is 0. The third-order valence-corrected chi connectivity index (χ3v) is 7.48. The van der Waals surface area contributed by atoms with Gasteiger partial charge in [-0.15, -0.1) is 6.58 Å². The fourth-order valence-corrected chi connectivity index (χ4v) is 5.39. The summed E-state index contributed by atoms with van der Waals surface area (Å²) in [6.45, 7) is 6.27. The van der Waals surface area contributed by atoms with Crippen LogP contribution in [-0.2, 0) is 0 Å². The maximum atomic E-state index is 3.96. The van der Waals surface area contributed by atoms with E-state index < -0.39 is 0 Å². The summed E-state index contributed by atoms with van der Waals surface area (Å²) in [5.41, 5.74) is 0. The van der Waals surface area contributed by atoms with E-state index in [0.29, 0.717) is 0 Å². The zero-order valence-corrected chi connectivity index (χ0v) is 18.5. The van der Waals surface area contributed by atoms with Crippen molar-refractivity contribution in [2.45, 2.75) is 122 Å². The Labute approximate surface area is 171 Å². The summed E-state index contributed by atoms with van der Waals surface area (Å²) in [7, 11) is 0. The highest BCUT2D eigenvalue weighted by Crippen LogP contribution is 2.35. The Morgan fingerprint density at radius 2 is 1.22 bits per heavy atom. The van der Waals surface area contributed by atoms with Crippen molar-refractivity contribution in [3.8, 4) is 0 Å². The van der Waals surface area contributed by atoms with Crippen molar-refractivity contribution in [2.24, 2.45) is 23.7 Å². The first kappa shape index (κ1) is 22.8. The fourth-order valence-electron chi connectivity index (χ4n) is 5.39. The monoisotopic (exact) mass is 372 g/mol. The zero-order valence-electron chi connectivity index (χ0n) is 18.5. The molecular formula is C27H48. The lowest BCUT2D eigenvalue weighted by atomic mass is 9.78. The van der Waals surface area contributed by atoms with Gasteiger partial charge in [0.1, 0.15) is 0 Å². The standard InChI is InChI=1S/C27H48/c1-3-5-6-7-8-9-10-13-25-20-22-27(23-21-25)15-12-11-14-26-18-16-24(4-2)17-19-26/h4,11,14,24-27H,2-3,5-10,12-13,15-23H2,1H3/t24-,25-,26-,27-. The van der Waals surface area contributed by atoms with E-state index in [0.717, 1.165) is 23.7 Å². The maximum absolute atomic E-state index is 3.96. The largest absolute Gasteiger partial charge is 0.103 e. The third-order valence-electron chi connectivity index (χ3n) is 7.48. The van der Waals surface area contributed by atoms with E-state index >= 15 is 0 Å². The normalized spacial score (nSPS) is 29.2. The molecule has 0 atom stereocenters. The van der Waals surface area contributed by atoms with Gasteiger partial charge >= 0.3 is 0 Å². The summed E-state index contributed by atoms with van der Waals surface area (Å²) in [6.07, 6.45) is 33.3. The lowest BCUT2D eigenvalue weighted by molar-refractivity contribution is 0.249. The van der Waals surface area contributed by atoms with Crippen LogP contribution in [0.3, 0.4) is 0 Å². The molecule has 2 aliphatic rings. The fraction of sp³-hybridized carbons (Fsp3) is 0.852. The second-order valence-corrected chi connectivity index (χ2v) is 9.71. The van der Waals surface area contributed by atoms with E-state index in [2.05, 4.69) is 31.7 Å². The lowest BCUT2D eigenvalue weighted by Gasteiger charge is -2.28. The van der Waals surface area contributed by atoms with Crippen molar-refractivity contribution in [1.29, 1.82) is 0 Å². The van der Waals surface area contributed by atoms with Crippen LogP contribution in [0.1, 0.15) is 122 Å². The van der Waals surface area contributed by atoms with E-state index in [1.54, 1.807) is 0 Å². The van der Waals surface area contributed by atoms with Crippen LogP contribution >= 0.6 is 0 Å². The number of allylic oxidation sites excluding steroid dienone is 3. The Morgan fingerprint density at radius 1 is 0.667 bits per heavy atom. The molecule has 0 heteroatoms. The molecule has 2 saturated carbocycles. The molecule has 0 radical (unpaired) electrons. The summed E-state index contributed by atoms with van der Waals surface area (Å²) < 4.78 is 0. The molecule has 0 amide bonds. The van der Waals surface area contributed by atoms with Crippen LogP contribution in [-0.4, -0.2) is 0 Å². The van der Waals surface area contributed by atoms with Crippen molar-refractivity contribution in [1.82, 2.24) is 0 Å². The summed E-state index contributed by atoms with van der Waals surface area (Å²) in [4.78, 5) is 0. The van der Waals surface area contributed by atoms with Gasteiger partial charge in [0.25, 0.3) is 0 Å². The summed E-state index contributed by atoms with van der Waals surface area (Å²) >= 11 is 0. The van der Waals surface area contributed by atoms with E-state index in [1.165, 1.54) is 116 Å². The molecule has 2 aliphatic carbocycles. The van der Waals surface area contributed by atoms with Crippen molar-refractivity contribution in [3.05, 3.63) is 24.8 Å². The molecule has 0 aliphatic heterocycles. The molecule has 0 aromatic carbocycles. The van der Waals surface area contributed by atoms with Gasteiger partial charge in [0.05, 0.1) is 0 Å². The number of unbranched alkanes of at least 4 members (excludes halogenated alkanes) is 6. The molecule has 0 aromatic rings. The van der Waals surface area contributed by atoms with Crippen molar-refractivity contribution >= 4 is 0 Å². The van der Waals surface area contributed by atoms with Crippen LogP contribution in [0.15, 0.2) is 24.8 Å². The summed E-state index contributed by atoms with van der Waals surface area (Å²) in [5, 5.41) is 0. The Hall–Kier alpha value is -0.520. The molecule has 27 heavy (non-hydrogen) atoms. The van der Waals surface area contributed by atoms with Gasteiger partial charge in [-0.2, -0.15) is 0 Å². The molecule has 156 valence electrons. The minimum Gasteiger partial charge on any atom is -0.103 e. The minimum atomic E-state index is 0.797. The summed E-state index contributed by atoms with van der Waals surface area (Å²) in [5.74, 6) is 3.74. The maximum Gasteiger partial charge on any atom is -0.0233 e. The van der Waals surface area contributed by atoms with Gasteiger partial charge < -0.3 is 0 Å². The van der Waals surface area contributed by atoms with E-state index in [-0.39, 0.29) is 0 Å². The Morgan fingerprint density at radius 3 is 1.85 bits per heavy atom. The Bertz CT molecular complexity index is 377. The Balaban J connectivity index is 1.44. The molecule has 0 unspecified atom stereocenters. The molecular weight excluding hydrogens is 324 g/mol. The Kier molecular flexibility index (Phi) is 12.2. The number of hydrogen-bond donors (Lipinski definition) is 0. The first-order chi connectivity index (χ1) is 13.3. The van der Waals surface area contributed by atoms with Crippen molar-refractivity contribution in [2.75, 3.05) is 0 Å². The van der Waals surface area contributed by atoms with E-state index in [1.807, 2.05) is 0 Å². The highest BCUT2D eigenvalue weighted by molar-refractivity contribution is 4.94. The third kappa shape index (κ3) is 10.00. The zero-order chi connectivity index (χ0) is 19.2. The quantitative estimate of drug-likeness (QED) is 0.223. The molecule has 0 saturated heterocycles. The molecule has 0 bridgehead atoms. The smallest absolute Gasteiger partial charge is 0.0233 e.